The van der Waals surface area contributed by atoms with E-state index in [4.69, 9.17) is 0 Å². The number of hydrogen-bond acceptors (Lipinski definition) is 4. The SMILES string of the molecule is CCC(=O)Nc1ccc(C)c(NC(=O)C2CSCN2)c1. The third kappa shape index (κ3) is 3.74. The van der Waals surface area contributed by atoms with Crippen LogP contribution in [-0.4, -0.2) is 29.5 Å². The Morgan fingerprint density at radius 1 is 1.40 bits per heavy atom. The highest BCUT2D eigenvalue weighted by molar-refractivity contribution is 7.99. The summed E-state index contributed by atoms with van der Waals surface area (Å²) < 4.78 is 0. The molecular formula is C14H19N3O2S. The highest BCUT2D eigenvalue weighted by Crippen LogP contribution is 2.21. The Balaban J connectivity index is 2.07. The van der Waals surface area contributed by atoms with E-state index in [0.717, 1.165) is 22.9 Å². The Labute approximate surface area is 122 Å². The molecule has 0 bridgehead atoms. The molecule has 108 valence electrons. The maximum atomic E-state index is 12.1. The monoisotopic (exact) mass is 293 g/mol. The molecule has 20 heavy (non-hydrogen) atoms. The second-order valence-electron chi connectivity index (χ2n) is 4.69. The van der Waals surface area contributed by atoms with Crippen LogP contribution in [0.4, 0.5) is 11.4 Å². The van der Waals surface area contributed by atoms with Gasteiger partial charge in [0.15, 0.2) is 0 Å². The number of anilines is 2. The van der Waals surface area contributed by atoms with Crippen LogP contribution in [0.2, 0.25) is 0 Å². The molecule has 1 aliphatic rings. The van der Waals surface area contributed by atoms with Gasteiger partial charge >= 0.3 is 0 Å². The molecule has 3 N–H and O–H groups in total. The topological polar surface area (TPSA) is 70.2 Å². The van der Waals surface area contributed by atoms with E-state index < -0.39 is 0 Å². The largest absolute Gasteiger partial charge is 0.326 e. The molecule has 0 spiro atoms. The maximum Gasteiger partial charge on any atom is 0.242 e. The third-order valence-electron chi connectivity index (χ3n) is 3.13. The molecule has 0 aliphatic carbocycles. The van der Waals surface area contributed by atoms with Gasteiger partial charge in [0.2, 0.25) is 11.8 Å². The maximum absolute atomic E-state index is 12.1. The number of benzene rings is 1. The van der Waals surface area contributed by atoms with E-state index >= 15 is 0 Å². The van der Waals surface area contributed by atoms with Crippen LogP contribution in [0.15, 0.2) is 18.2 Å². The van der Waals surface area contributed by atoms with Crippen LogP contribution < -0.4 is 16.0 Å². The lowest BCUT2D eigenvalue weighted by molar-refractivity contribution is -0.117. The lowest BCUT2D eigenvalue weighted by atomic mass is 10.1. The minimum Gasteiger partial charge on any atom is -0.326 e. The van der Waals surface area contributed by atoms with E-state index in [1.807, 2.05) is 19.1 Å². The van der Waals surface area contributed by atoms with E-state index in [9.17, 15) is 9.59 Å². The van der Waals surface area contributed by atoms with Gasteiger partial charge in [-0.25, -0.2) is 0 Å². The molecule has 1 fully saturated rings. The summed E-state index contributed by atoms with van der Waals surface area (Å²) in [6.07, 6.45) is 0.429. The Hall–Kier alpha value is -1.53. The van der Waals surface area contributed by atoms with Gasteiger partial charge in [-0.3, -0.25) is 14.9 Å². The first-order valence-corrected chi connectivity index (χ1v) is 7.78. The van der Waals surface area contributed by atoms with E-state index in [1.54, 1.807) is 24.8 Å². The lowest BCUT2D eigenvalue weighted by Gasteiger charge is -2.14. The minimum atomic E-state index is -0.145. The molecule has 6 heteroatoms. The first kappa shape index (κ1) is 14.9. The number of thioether (sulfide) groups is 1. The highest BCUT2D eigenvalue weighted by atomic mass is 32.2. The normalized spacial score (nSPS) is 17.8. The molecule has 1 aromatic rings. The van der Waals surface area contributed by atoms with Gasteiger partial charge in [0.1, 0.15) is 0 Å². The Bertz CT molecular complexity index is 513. The molecule has 2 rings (SSSR count). The van der Waals surface area contributed by atoms with E-state index in [2.05, 4.69) is 16.0 Å². The van der Waals surface area contributed by atoms with Crippen molar-refractivity contribution in [1.82, 2.24) is 5.32 Å². The Morgan fingerprint density at radius 3 is 2.85 bits per heavy atom. The van der Waals surface area contributed by atoms with Gasteiger partial charge in [0.25, 0.3) is 0 Å². The number of aryl methyl sites for hydroxylation is 1. The smallest absolute Gasteiger partial charge is 0.242 e. The zero-order valence-corrected chi connectivity index (χ0v) is 12.5. The van der Waals surface area contributed by atoms with Crippen LogP contribution >= 0.6 is 11.8 Å². The summed E-state index contributed by atoms with van der Waals surface area (Å²) >= 11 is 1.71. The van der Waals surface area contributed by atoms with Crippen molar-refractivity contribution < 1.29 is 9.59 Å². The molecule has 0 aromatic heterocycles. The van der Waals surface area contributed by atoms with Crippen molar-refractivity contribution in [3.05, 3.63) is 23.8 Å². The fourth-order valence-electron chi connectivity index (χ4n) is 1.87. The highest BCUT2D eigenvalue weighted by Gasteiger charge is 2.22. The second-order valence-corrected chi connectivity index (χ2v) is 5.72. The fourth-order valence-corrected chi connectivity index (χ4v) is 2.81. The zero-order valence-electron chi connectivity index (χ0n) is 11.7. The minimum absolute atomic E-state index is 0.0305. The molecule has 1 aliphatic heterocycles. The fraction of sp³-hybridized carbons (Fsp3) is 0.429. The van der Waals surface area contributed by atoms with Crippen molar-refractivity contribution in [3.63, 3.8) is 0 Å². The van der Waals surface area contributed by atoms with Crippen LogP contribution in [-0.2, 0) is 9.59 Å². The predicted octanol–water partition coefficient (Wildman–Crippen LogP) is 1.94. The van der Waals surface area contributed by atoms with Crippen LogP contribution in [0, 0.1) is 6.92 Å². The molecule has 1 unspecified atom stereocenters. The van der Waals surface area contributed by atoms with Gasteiger partial charge < -0.3 is 10.6 Å². The van der Waals surface area contributed by atoms with E-state index in [1.165, 1.54) is 0 Å². The second kappa shape index (κ2) is 6.76. The summed E-state index contributed by atoms with van der Waals surface area (Å²) in [5.41, 5.74) is 2.41. The molecular weight excluding hydrogens is 274 g/mol. The quantitative estimate of drug-likeness (QED) is 0.793. The van der Waals surface area contributed by atoms with Crippen LogP contribution in [0.3, 0.4) is 0 Å². The first-order chi connectivity index (χ1) is 9.60. The molecule has 1 saturated heterocycles. The average Bonchev–Trinajstić information content (AvgIpc) is 2.96. The van der Waals surface area contributed by atoms with Crippen LogP contribution in [0.25, 0.3) is 0 Å². The van der Waals surface area contributed by atoms with Gasteiger partial charge in [-0.05, 0) is 24.6 Å². The van der Waals surface area contributed by atoms with Gasteiger partial charge in [0, 0.05) is 29.4 Å². The standard InChI is InChI=1S/C14H19N3O2S/c1-3-13(18)16-10-5-4-9(2)11(6-10)17-14(19)12-7-20-8-15-12/h4-6,12,15H,3,7-8H2,1-2H3,(H,16,18)(H,17,19). The number of rotatable bonds is 4. The van der Waals surface area contributed by atoms with Gasteiger partial charge in [0.05, 0.1) is 6.04 Å². The number of carbonyl (C=O) groups is 2. The molecule has 0 radical (unpaired) electrons. The number of amides is 2. The van der Waals surface area contributed by atoms with Gasteiger partial charge in [-0.2, -0.15) is 0 Å². The molecule has 5 nitrogen and oxygen atoms in total. The molecule has 1 aromatic carbocycles. The summed E-state index contributed by atoms with van der Waals surface area (Å²) in [6, 6.07) is 5.37. The molecule has 1 heterocycles. The summed E-state index contributed by atoms with van der Waals surface area (Å²) in [5, 5.41) is 8.84. The van der Waals surface area contributed by atoms with Crippen LogP contribution in [0.1, 0.15) is 18.9 Å². The summed E-state index contributed by atoms with van der Waals surface area (Å²) in [4.78, 5) is 23.5. The summed E-state index contributed by atoms with van der Waals surface area (Å²) in [5.74, 6) is 1.53. The van der Waals surface area contributed by atoms with Crippen molar-refractivity contribution in [1.29, 1.82) is 0 Å². The first-order valence-electron chi connectivity index (χ1n) is 6.62. The van der Waals surface area contributed by atoms with Crippen molar-refractivity contribution in [2.24, 2.45) is 0 Å². The van der Waals surface area contributed by atoms with Crippen LogP contribution in [0.5, 0.6) is 0 Å². The van der Waals surface area contributed by atoms with Crippen molar-refractivity contribution >= 4 is 35.0 Å². The molecule has 1 atom stereocenters. The van der Waals surface area contributed by atoms with Crippen molar-refractivity contribution in [2.75, 3.05) is 22.3 Å². The summed E-state index contributed by atoms with van der Waals surface area (Å²) in [6.45, 7) is 3.73. The van der Waals surface area contributed by atoms with Crippen molar-refractivity contribution in [2.45, 2.75) is 26.3 Å². The number of nitrogens with one attached hydrogen (secondary N) is 3. The third-order valence-corrected chi connectivity index (χ3v) is 4.07. The lowest BCUT2D eigenvalue weighted by Crippen LogP contribution is -2.37. The summed E-state index contributed by atoms with van der Waals surface area (Å²) in [7, 11) is 0. The number of carbonyl (C=O) groups excluding carboxylic acids is 2. The van der Waals surface area contributed by atoms with Crippen molar-refractivity contribution in [3.8, 4) is 0 Å². The zero-order chi connectivity index (χ0) is 14.5. The predicted molar refractivity (Wildman–Crippen MR) is 83.0 cm³/mol. The Morgan fingerprint density at radius 2 is 2.20 bits per heavy atom. The van der Waals surface area contributed by atoms with Gasteiger partial charge in [-0.1, -0.05) is 13.0 Å². The van der Waals surface area contributed by atoms with E-state index in [-0.39, 0.29) is 17.9 Å². The number of hydrogen-bond donors (Lipinski definition) is 3. The van der Waals surface area contributed by atoms with Gasteiger partial charge in [-0.15, -0.1) is 11.8 Å². The van der Waals surface area contributed by atoms with E-state index in [0.29, 0.717) is 12.1 Å². The molecule has 2 amide bonds. The Kier molecular flexibility index (Phi) is 5.03. The molecule has 0 saturated carbocycles. The average molecular weight is 293 g/mol.